The van der Waals surface area contributed by atoms with Gasteiger partial charge in [-0.2, -0.15) is 0 Å². The second-order valence-electron chi connectivity index (χ2n) is 4.75. The summed E-state index contributed by atoms with van der Waals surface area (Å²) in [5.41, 5.74) is 0.808. The van der Waals surface area contributed by atoms with E-state index in [2.05, 4.69) is 15.3 Å². The van der Waals surface area contributed by atoms with Crippen LogP contribution in [-0.4, -0.2) is 25.0 Å². The van der Waals surface area contributed by atoms with Crippen molar-refractivity contribution >= 4 is 34.2 Å². The summed E-state index contributed by atoms with van der Waals surface area (Å²) in [6, 6.07) is 3.26. The zero-order chi connectivity index (χ0) is 15.7. The minimum atomic E-state index is -0.270. The van der Waals surface area contributed by atoms with Crippen molar-refractivity contribution < 1.29 is 4.79 Å². The molecule has 0 aliphatic rings. The van der Waals surface area contributed by atoms with Gasteiger partial charge in [0.15, 0.2) is 0 Å². The maximum absolute atomic E-state index is 12.1. The Bertz CT molecular complexity index is 915. The number of fused-ring (bicyclic) bond motifs is 1. The molecule has 112 valence electrons. The summed E-state index contributed by atoms with van der Waals surface area (Å²) in [4.78, 5) is 32.1. The van der Waals surface area contributed by atoms with Crippen LogP contribution < -0.4 is 10.9 Å². The number of carbonyl (C=O) groups excluding carboxylic acids is 1. The van der Waals surface area contributed by atoms with Crippen molar-refractivity contribution in [2.75, 3.05) is 5.32 Å². The Kier molecular flexibility index (Phi) is 3.64. The van der Waals surface area contributed by atoms with E-state index in [-0.39, 0.29) is 18.0 Å². The number of pyridine rings is 1. The van der Waals surface area contributed by atoms with Crippen molar-refractivity contribution in [1.82, 2.24) is 19.1 Å². The van der Waals surface area contributed by atoms with E-state index in [1.54, 1.807) is 29.9 Å². The predicted octanol–water partition coefficient (Wildman–Crippen LogP) is 1.42. The molecular formula is C14H12ClN5O2. The highest BCUT2D eigenvalue weighted by Crippen LogP contribution is 2.19. The van der Waals surface area contributed by atoms with Crippen LogP contribution in [0.3, 0.4) is 0 Å². The summed E-state index contributed by atoms with van der Waals surface area (Å²) >= 11 is 5.94. The first-order chi connectivity index (χ1) is 10.6. The van der Waals surface area contributed by atoms with Gasteiger partial charge in [-0.3, -0.25) is 14.6 Å². The van der Waals surface area contributed by atoms with E-state index in [1.807, 2.05) is 0 Å². The maximum atomic E-state index is 12.1. The minimum absolute atomic E-state index is 0.0301. The standard InChI is InChI=1S/C14H12ClN5O2/c1-19-8-17-13-9(14(19)22)3-5-20(13)7-12(21)18-11-2-4-16-6-10(11)15/h2-6,8H,7H2,1H3,(H,16,18,21). The molecule has 0 aromatic carbocycles. The van der Waals surface area contributed by atoms with E-state index in [0.29, 0.717) is 21.7 Å². The molecule has 0 atom stereocenters. The van der Waals surface area contributed by atoms with Crippen molar-refractivity contribution in [2.24, 2.45) is 7.05 Å². The van der Waals surface area contributed by atoms with Gasteiger partial charge in [0.05, 0.1) is 22.4 Å². The lowest BCUT2D eigenvalue weighted by atomic mass is 10.4. The third-order valence-electron chi connectivity index (χ3n) is 3.20. The van der Waals surface area contributed by atoms with Gasteiger partial charge in [-0.25, -0.2) is 4.98 Å². The smallest absolute Gasteiger partial charge is 0.262 e. The van der Waals surface area contributed by atoms with Crippen molar-refractivity contribution in [3.05, 3.63) is 52.4 Å². The highest BCUT2D eigenvalue weighted by atomic mass is 35.5. The quantitative estimate of drug-likeness (QED) is 0.792. The van der Waals surface area contributed by atoms with Crippen molar-refractivity contribution in [1.29, 1.82) is 0 Å². The van der Waals surface area contributed by atoms with Crippen molar-refractivity contribution in [3.8, 4) is 0 Å². The lowest BCUT2D eigenvalue weighted by molar-refractivity contribution is -0.116. The molecule has 7 nitrogen and oxygen atoms in total. The average molecular weight is 318 g/mol. The largest absolute Gasteiger partial charge is 0.323 e. The highest BCUT2D eigenvalue weighted by Gasteiger charge is 2.11. The first-order valence-corrected chi connectivity index (χ1v) is 6.84. The van der Waals surface area contributed by atoms with Gasteiger partial charge in [-0.15, -0.1) is 0 Å². The van der Waals surface area contributed by atoms with Crippen LogP contribution in [0, 0.1) is 0 Å². The molecule has 0 unspecified atom stereocenters. The number of nitrogens with zero attached hydrogens (tertiary/aromatic N) is 4. The van der Waals surface area contributed by atoms with Crippen LogP contribution in [0.1, 0.15) is 0 Å². The number of anilines is 1. The number of rotatable bonds is 3. The van der Waals surface area contributed by atoms with Gasteiger partial charge < -0.3 is 14.5 Å². The summed E-state index contributed by atoms with van der Waals surface area (Å²) in [6.45, 7) is 0.0301. The second kappa shape index (κ2) is 5.61. The van der Waals surface area contributed by atoms with Gasteiger partial charge in [-0.05, 0) is 12.1 Å². The number of halogens is 1. The third-order valence-corrected chi connectivity index (χ3v) is 3.50. The number of aromatic nitrogens is 4. The topological polar surface area (TPSA) is 81.8 Å². The summed E-state index contributed by atoms with van der Waals surface area (Å²) in [7, 11) is 1.63. The van der Waals surface area contributed by atoms with Crippen LogP contribution in [0.15, 0.2) is 41.8 Å². The number of amides is 1. The first-order valence-electron chi connectivity index (χ1n) is 6.46. The van der Waals surface area contributed by atoms with Crippen LogP contribution in [0.25, 0.3) is 11.0 Å². The van der Waals surface area contributed by atoms with Crippen molar-refractivity contribution in [3.63, 3.8) is 0 Å². The highest BCUT2D eigenvalue weighted by molar-refractivity contribution is 6.33. The lowest BCUT2D eigenvalue weighted by Crippen LogP contribution is -2.20. The molecule has 0 saturated heterocycles. The molecule has 22 heavy (non-hydrogen) atoms. The van der Waals surface area contributed by atoms with Gasteiger partial charge in [0.25, 0.3) is 5.56 Å². The average Bonchev–Trinajstić information content (AvgIpc) is 2.89. The molecule has 3 aromatic rings. The Hall–Kier alpha value is -2.67. The van der Waals surface area contributed by atoms with Crippen LogP contribution in [0.4, 0.5) is 5.69 Å². The van der Waals surface area contributed by atoms with Crippen LogP contribution in [0.5, 0.6) is 0 Å². The zero-order valence-corrected chi connectivity index (χ0v) is 12.4. The van der Waals surface area contributed by atoms with Gasteiger partial charge in [-0.1, -0.05) is 11.6 Å². The Balaban J connectivity index is 1.85. The molecule has 0 aliphatic carbocycles. The molecule has 3 rings (SSSR count). The van der Waals surface area contributed by atoms with E-state index >= 15 is 0 Å². The molecule has 0 radical (unpaired) electrons. The van der Waals surface area contributed by atoms with E-state index in [4.69, 9.17) is 11.6 Å². The third kappa shape index (κ3) is 2.58. The minimum Gasteiger partial charge on any atom is -0.323 e. The molecule has 3 heterocycles. The Labute approximate surface area is 130 Å². The van der Waals surface area contributed by atoms with Crippen molar-refractivity contribution in [2.45, 2.75) is 6.54 Å². The molecule has 0 fully saturated rings. The van der Waals surface area contributed by atoms with Crippen LogP contribution in [-0.2, 0) is 18.4 Å². The zero-order valence-electron chi connectivity index (χ0n) is 11.7. The van der Waals surface area contributed by atoms with Gasteiger partial charge in [0, 0.05) is 25.6 Å². The Morgan fingerprint density at radius 2 is 2.23 bits per heavy atom. The molecule has 1 N–H and O–H groups in total. The van der Waals surface area contributed by atoms with E-state index < -0.39 is 0 Å². The summed E-state index contributed by atoms with van der Waals surface area (Å²) in [5, 5.41) is 3.53. The SMILES string of the molecule is Cn1cnc2c(ccn2CC(=O)Nc2ccncc2Cl)c1=O. The van der Waals surface area contributed by atoms with Gasteiger partial charge in [0.2, 0.25) is 5.91 Å². The molecular weight excluding hydrogens is 306 g/mol. The maximum Gasteiger partial charge on any atom is 0.262 e. The fourth-order valence-electron chi connectivity index (χ4n) is 2.11. The van der Waals surface area contributed by atoms with E-state index in [1.165, 1.54) is 23.3 Å². The number of hydrogen-bond donors (Lipinski definition) is 1. The van der Waals surface area contributed by atoms with E-state index in [9.17, 15) is 9.59 Å². The summed E-state index contributed by atoms with van der Waals surface area (Å²) in [6.07, 6.45) is 6.08. The summed E-state index contributed by atoms with van der Waals surface area (Å²) in [5.74, 6) is -0.270. The van der Waals surface area contributed by atoms with Crippen LogP contribution in [0.2, 0.25) is 5.02 Å². The van der Waals surface area contributed by atoms with Gasteiger partial charge in [0.1, 0.15) is 12.2 Å². The molecule has 0 aliphatic heterocycles. The fraction of sp³-hybridized carbons (Fsp3) is 0.143. The normalized spacial score (nSPS) is 10.8. The molecule has 0 saturated carbocycles. The monoisotopic (exact) mass is 317 g/mol. The molecule has 0 spiro atoms. The number of aryl methyl sites for hydroxylation is 1. The summed E-state index contributed by atoms with van der Waals surface area (Å²) < 4.78 is 3.00. The first kappa shape index (κ1) is 14.3. The number of nitrogens with one attached hydrogen (secondary N) is 1. The lowest BCUT2D eigenvalue weighted by Gasteiger charge is -2.08. The van der Waals surface area contributed by atoms with Gasteiger partial charge >= 0.3 is 0 Å². The molecule has 8 heteroatoms. The number of carbonyl (C=O) groups is 1. The molecule has 0 bridgehead atoms. The molecule has 3 aromatic heterocycles. The fourth-order valence-corrected chi connectivity index (χ4v) is 2.27. The predicted molar refractivity (Wildman–Crippen MR) is 82.9 cm³/mol. The Morgan fingerprint density at radius 1 is 1.41 bits per heavy atom. The van der Waals surface area contributed by atoms with E-state index in [0.717, 1.165) is 0 Å². The van der Waals surface area contributed by atoms with Crippen LogP contribution >= 0.6 is 11.6 Å². The number of hydrogen-bond acceptors (Lipinski definition) is 4. The Morgan fingerprint density at radius 3 is 3.00 bits per heavy atom. The molecule has 1 amide bonds. The second-order valence-corrected chi connectivity index (χ2v) is 5.15.